The molecule has 0 saturated carbocycles. The molecule has 0 amide bonds. The topological polar surface area (TPSA) is 172 Å². The number of aromatic nitrogens is 2. The van der Waals surface area contributed by atoms with Crippen LogP contribution in [0.5, 0.6) is 0 Å². The van der Waals surface area contributed by atoms with E-state index in [2.05, 4.69) is 4.98 Å². The maximum absolute atomic E-state index is 12.1. The maximum atomic E-state index is 12.1. The third-order valence-electron chi connectivity index (χ3n) is 4.11. The third-order valence-corrected chi connectivity index (χ3v) is 8.08. The fraction of sp³-hybridized carbons (Fsp3) is 0.692. The molecule has 2 unspecified atom stereocenters. The van der Waals surface area contributed by atoms with Crippen molar-refractivity contribution in [3.63, 3.8) is 0 Å². The van der Waals surface area contributed by atoms with E-state index in [1.807, 2.05) is 5.09 Å². The number of nitrogens with one attached hydrogen (secondary N) is 2. The van der Waals surface area contributed by atoms with Gasteiger partial charge >= 0.3 is 13.4 Å². The van der Waals surface area contributed by atoms with Crippen LogP contribution in [-0.4, -0.2) is 61.9 Å². The van der Waals surface area contributed by atoms with Gasteiger partial charge in [-0.2, -0.15) is 0 Å². The van der Waals surface area contributed by atoms with E-state index in [0.29, 0.717) is 0 Å². The highest BCUT2D eigenvalue weighted by Crippen LogP contribution is 2.52. The lowest BCUT2D eigenvalue weighted by atomic mass is 10.1. The van der Waals surface area contributed by atoms with Crippen molar-refractivity contribution in [2.24, 2.45) is 0 Å². The standard InChI is InChI=1S/C13H23N3O9P2S/c1-7(2)26(19,28)25-10-8(6-14-27(20,21)22)24-12(11(10)23-3)16-5-4-9(17)15-13(16)18/h4-5,7-8,10-12H,6H2,1-3H3,(H,19,28)(H,15,17,18)(H3,14,20,21,22)/t8-,10+,11?,12-,26?/m1/s1. The molecule has 5 atom stereocenters. The van der Waals surface area contributed by atoms with E-state index in [9.17, 15) is 19.0 Å². The molecule has 1 fully saturated rings. The summed E-state index contributed by atoms with van der Waals surface area (Å²) in [4.78, 5) is 54.2. The molecule has 1 aliphatic heterocycles. The Morgan fingerprint density at radius 2 is 2.00 bits per heavy atom. The predicted octanol–water partition coefficient (Wildman–Crippen LogP) is -0.773. The number of aromatic amines is 1. The molecular formula is C13H23N3O9P2S. The second kappa shape index (κ2) is 8.97. The third kappa shape index (κ3) is 5.67. The Kier molecular flexibility index (Phi) is 7.54. The number of hydrogen-bond donors (Lipinski definition) is 5. The van der Waals surface area contributed by atoms with Gasteiger partial charge in [-0.1, -0.05) is 13.8 Å². The van der Waals surface area contributed by atoms with E-state index in [-0.39, 0.29) is 6.54 Å². The highest BCUT2D eigenvalue weighted by molar-refractivity contribution is 8.09. The van der Waals surface area contributed by atoms with Crippen molar-refractivity contribution in [2.75, 3.05) is 13.7 Å². The van der Waals surface area contributed by atoms with Crippen LogP contribution in [0.3, 0.4) is 0 Å². The molecule has 15 heteroatoms. The van der Waals surface area contributed by atoms with Gasteiger partial charge in [0.25, 0.3) is 5.56 Å². The molecule has 0 radical (unpaired) electrons. The molecule has 1 saturated heterocycles. The summed E-state index contributed by atoms with van der Waals surface area (Å²) in [7, 11) is -3.25. The Morgan fingerprint density at radius 1 is 1.36 bits per heavy atom. The summed E-state index contributed by atoms with van der Waals surface area (Å²) in [6.45, 7) is -0.318. The Labute approximate surface area is 165 Å². The van der Waals surface area contributed by atoms with Crippen molar-refractivity contribution in [3.05, 3.63) is 33.1 Å². The van der Waals surface area contributed by atoms with Crippen molar-refractivity contribution < 1.29 is 33.2 Å². The van der Waals surface area contributed by atoms with Gasteiger partial charge in [-0.3, -0.25) is 14.3 Å². The van der Waals surface area contributed by atoms with E-state index in [1.54, 1.807) is 13.8 Å². The van der Waals surface area contributed by atoms with Gasteiger partial charge in [-0.05, 0) is 11.8 Å². The summed E-state index contributed by atoms with van der Waals surface area (Å²) in [5, 5.41) is 2.01. The van der Waals surface area contributed by atoms with Gasteiger partial charge in [0.15, 0.2) is 12.7 Å². The number of ether oxygens (including phenoxy) is 2. The Hall–Kier alpha value is -0.720. The van der Waals surface area contributed by atoms with E-state index >= 15 is 0 Å². The van der Waals surface area contributed by atoms with Gasteiger partial charge in [0, 0.05) is 31.6 Å². The van der Waals surface area contributed by atoms with Crippen LogP contribution in [0.2, 0.25) is 0 Å². The molecule has 5 N–H and O–H groups in total. The summed E-state index contributed by atoms with van der Waals surface area (Å²) >= 11 is 5.16. The highest BCUT2D eigenvalue weighted by Gasteiger charge is 2.49. The Morgan fingerprint density at radius 3 is 2.50 bits per heavy atom. The number of H-pyrrole nitrogens is 1. The molecule has 2 rings (SSSR count). The minimum absolute atomic E-state index is 0.364. The van der Waals surface area contributed by atoms with Crippen LogP contribution in [0, 0.1) is 0 Å². The number of nitrogens with zero attached hydrogens (tertiary/aromatic N) is 1. The van der Waals surface area contributed by atoms with Crippen LogP contribution in [0.1, 0.15) is 20.1 Å². The fourth-order valence-corrected chi connectivity index (χ4v) is 4.17. The van der Waals surface area contributed by atoms with Gasteiger partial charge in [-0.15, -0.1) is 0 Å². The summed E-state index contributed by atoms with van der Waals surface area (Å²) in [5.41, 5.74) is -1.77. The Balaban J connectivity index is 2.41. The lowest BCUT2D eigenvalue weighted by molar-refractivity contribution is -0.0525. The molecule has 1 aromatic rings. The molecular weight excluding hydrogens is 436 g/mol. The zero-order valence-corrected chi connectivity index (χ0v) is 17.9. The first-order valence-electron chi connectivity index (χ1n) is 8.17. The minimum atomic E-state index is -4.57. The molecule has 28 heavy (non-hydrogen) atoms. The lowest BCUT2D eigenvalue weighted by Crippen LogP contribution is -2.41. The number of methoxy groups -OCH3 is 1. The number of hydrogen-bond acceptors (Lipinski definition) is 7. The second-order valence-corrected chi connectivity index (χ2v) is 11.8. The molecule has 12 nitrogen and oxygen atoms in total. The number of rotatable bonds is 8. The average molecular weight is 459 g/mol. The van der Waals surface area contributed by atoms with E-state index in [0.717, 1.165) is 10.6 Å². The Bertz CT molecular complexity index is 898. The molecule has 0 aliphatic carbocycles. The van der Waals surface area contributed by atoms with Crippen molar-refractivity contribution in [3.8, 4) is 0 Å². The first-order valence-corrected chi connectivity index (χ1v) is 12.5. The largest absolute Gasteiger partial charge is 0.400 e. The fourth-order valence-electron chi connectivity index (χ4n) is 2.61. The molecule has 1 aliphatic rings. The quantitative estimate of drug-likeness (QED) is 0.309. The van der Waals surface area contributed by atoms with Crippen LogP contribution >= 0.6 is 14.2 Å². The average Bonchev–Trinajstić information content (AvgIpc) is 2.88. The first-order chi connectivity index (χ1) is 12.9. The summed E-state index contributed by atoms with van der Waals surface area (Å²) in [6, 6.07) is 1.11. The van der Waals surface area contributed by atoms with Gasteiger partial charge < -0.3 is 28.7 Å². The first kappa shape index (κ1) is 23.6. The molecule has 160 valence electrons. The highest BCUT2D eigenvalue weighted by atomic mass is 32.5. The van der Waals surface area contributed by atoms with Crippen molar-refractivity contribution >= 4 is 26.0 Å². The normalized spacial score (nSPS) is 27.8. The molecule has 0 bridgehead atoms. The summed E-state index contributed by atoms with van der Waals surface area (Å²) in [5.74, 6) is 0. The minimum Gasteiger partial charge on any atom is -0.374 e. The molecule has 2 heterocycles. The van der Waals surface area contributed by atoms with Crippen LogP contribution < -0.4 is 16.3 Å². The van der Waals surface area contributed by atoms with Crippen molar-refractivity contribution in [2.45, 2.75) is 44.0 Å². The monoisotopic (exact) mass is 459 g/mol. The molecule has 1 aromatic heterocycles. The van der Waals surface area contributed by atoms with Crippen LogP contribution in [0.15, 0.2) is 21.9 Å². The zero-order chi connectivity index (χ0) is 21.3. The van der Waals surface area contributed by atoms with Gasteiger partial charge in [0.05, 0.1) is 0 Å². The SMILES string of the molecule is COC1[C@@H](OP(O)(=S)C(C)C)[C@@H](CNP(=O)(O)O)O[C@H]1n1ccc(=O)[nH]c1=O. The second-order valence-electron chi connectivity index (χ2n) is 6.42. The van der Waals surface area contributed by atoms with Gasteiger partial charge in [0.1, 0.15) is 18.3 Å². The van der Waals surface area contributed by atoms with Crippen LogP contribution in [-0.2, 0) is 30.4 Å². The van der Waals surface area contributed by atoms with E-state index in [4.69, 9.17) is 35.6 Å². The van der Waals surface area contributed by atoms with Gasteiger partial charge in [-0.25, -0.2) is 14.4 Å². The van der Waals surface area contributed by atoms with Gasteiger partial charge in [0.2, 0.25) is 0 Å². The smallest absolute Gasteiger partial charge is 0.374 e. The molecule has 0 aromatic carbocycles. The van der Waals surface area contributed by atoms with Crippen molar-refractivity contribution in [1.82, 2.24) is 14.6 Å². The molecule has 0 spiro atoms. The summed E-state index contributed by atoms with van der Waals surface area (Å²) in [6.07, 6.45) is -2.91. The predicted molar refractivity (Wildman–Crippen MR) is 103 cm³/mol. The van der Waals surface area contributed by atoms with E-state index < -0.39 is 55.7 Å². The summed E-state index contributed by atoms with van der Waals surface area (Å²) < 4.78 is 29.1. The van der Waals surface area contributed by atoms with Crippen molar-refractivity contribution in [1.29, 1.82) is 0 Å². The maximum Gasteiger partial charge on any atom is 0.400 e. The van der Waals surface area contributed by atoms with Crippen LogP contribution in [0.25, 0.3) is 0 Å². The van der Waals surface area contributed by atoms with E-state index in [1.165, 1.54) is 13.3 Å². The van der Waals surface area contributed by atoms with Crippen LogP contribution in [0.4, 0.5) is 0 Å². The lowest BCUT2D eigenvalue weighted by Gasteiger charge is -2.29. The zero-order valence-electron chi connectivity index (χ0n) is 15.3.